The molecule has 2 fully saturated rings. The fourth-order valence-electron chi connectivity index (χ4n) is 13.7. The number of unbranched alkanes of at least 4 members (excludes halogenated alkanes) is 4. The van der Waals surface area contributed by atoms with Crippen molar-refractivity contribution in [3.63, 3.8) is 0 Å². The van der Waals surface area contributed by atoms with Gasteiger partial charge in [0.25, 0.3) is 41.2 Å². The number of nitrogens with zero attached hydrogens (tertiary/aromatic N) is 8. The molecule has 8 aromatic rings. The van der Waals surface area contributed by atoms with Gasteiger partial charge in [-0.05, 0) is 148 Å². The number of imide groups is 4. The number of nitrogens with two attached hydrogens (primary N) is 1. The Morgan fingerprint density at radius 3 is 1.33 bits per heavy atom. The molecule has 0 bridgehead atoms. The Hall–Kier alpha value is -12.8. The Morgan fingerprint density at radius 1 is 0.554 bits per heavy atom. The summed E-state index contributed by atoms with van der Waals surface area (Å²) in [7, 11) is 13.2. The number of methoxy groups -OCH3 is 4. The number of hydrogen-bond acceptors (Lipinski definition) is 24. The number of carboxylic acids is 1. The van der Waals surface area contributed by atoms with Crippen molar-refractivity contribution < 1.29 is 81.9 Å². The number of anilines is 2. The molecule has 33 heteroatoms. The highest BCUT2D eigenvalue weighted by molar-refractivity contribution is 6.26. The Kier molecular flexibility index (Phi) is 28.7. The maximum absolute atomic E-state index is 13.3. The summed E-state index contributed by atoms with van der Waals surface area (Å²) in [6.07, 6.45) is 15.5. The number of carbonyl (C=O) groups is 11. The molecule has 0 saturated carbocycles. The second kappa shape index (κ2) is 38.6. The fraction of sp³-hybridized carbons (Fsp3) is 0.354. The largest absolute Gasteiger partial charge is 0.496 e. The number of piperidine rings is 2. The molecule has 2 unspecified atom stereocenters. The Balaban J connectivity index is 0.000000208. The number of amides is 9. The van der Waals surface area contributed by atoms with Crippen LogP contribution in [0.15, 0.2) is 120 Å². The number of aryl methyl sites for hydroxylation is 2. The van der Waals surface area contributed by atoms with E-state index in [1.807, 2.05) is 42.3 Å². The van der Waals surface area contributed by atoms with Crippen LogP contribution >= 0.6 is 0 Å². The van der Waals surface area contributed by atoms with Gasteiger partial charge in [-0.1, -0.05) is 18.6 Å². The van der Waals surface area contributed by atoms with Crippen molar-refractivity contribution >= 4 is 98.5 Å². The second-order valence-corrected chi connectivity index (χ2v) is 26.8. The minimum absolute atomic E-state index is 0.0589. The number of hydrogen-bond donors (Lipinski definition) is 8. The van der Waals surface area contributed by atoms with Crippen LogP contribution in [0, 0.1) is 0 Å². The Labute approximate surface area is 643 Å². The lowest BCUT2D eigenvalue weighted by Gasteiger charge is -2.27. The topological polar surface area (TPSA) is 434 Å². The fourth-order valence-corrected chi connectivity index (χ4v) is 13.7. The summed E-state index contributed by atoms with van der Waals surface area (Å²) >= 11 is 0. The number of pyridine rings is 4. The predicted molar refractivity (Wildman–Crippen MR) is 413 cm³/mol. The number of aliphatic carboxylic acids is 1. The van der Waals surface area contributed by atoms with E-state index in [1.54, 1.807) is 134 Å². The summed E-state index contributed by atoms with van der Waals surface area (Å²) in [5.41, 5.74) is 12.2. The molecule has 2 saturated heterocycles. The normalized spacial score (nSPS) is 15.0. The summed E-state index contributed by atoms with van der Waals surface area (Å²) in [4.78, 5) is 170. The first-order chi connectivity index (χ1) is 53.8. The third kappa shape index (κ3) is 19.3. The molecule has 8 heterocycles. The van der Waals surface area contributed by atoms with Crippen molar-refractivity contribution in [2.24, 2.45) is 19.8 Å². The number of ether oxygens (including phenoxy) is 4. The van der Waals surface area contributed by atoms with Gasteiger partial charge in [-0.15, -0.1) is 0 Å². The van der Waals surface area contributed by atoms with Crippen molar-refractivity contribution in [1.82, 2.24) is 54.7 Å². The minimum Gasteiger partial charge on any atom is -0.496 e. The molecule has 2 atom stereocenters. The second-order valence-electron chi connectivity index (χ2n) is 26.8. The van der Waals surface area contributed by atoms with Crippen molar-refractivity contribution in [3.8, 4) is 45.3 Å². The maximum atomic E-state index is 13.3. The Bertz CT molecular complexity index is 5010. The van der Waals surface area contributed by atoms with Gasteiger partial charge in [0.1, 0.15) is 35.1 Å². The molecular formula is C79H90N14O19. The maximum Gasteiger partial charge on any atom is 0.317 e. The summed E-state index contributed by atoms with van der Waals surface area (Å²) in [5.74, 6) is -2.85. The number of rotatable bonds is 29. The first-order valence-electron chi connectivity index (χ1n) is 36.0. The van der Waals surface area contributed by atoms with Gasteiger partial charge in [-0.2, -0.15) is 0 Å². The van der Waals surface area contributed by atoms with Gasteiger partial charge < -0.3 is 60.0 Å². The van der Waals surface area contributed by atoms with Crippen molar-refractivity contribution in [1.29, 1.82) is 0 Å². The number of carboxylic acid groups (broad SMARTS) is 2. The van der Waals surface area contributed by atoms with Gasteiger partial charge in [-0.25, -0.2) is 0 Å². The molecule has 9 amide bonds. The molecule has 0 aliphatic carbocycles. The van der Waals surface area contributed by atoms with E-state index in [2.05, 4.69) is 36.6 Å². The SMILES string of the molecule is COc1cc(-c2cn(C)c(=O)c3cnccc23)cc(OC)c1CN(C)CC(=O)NCCCCCNc1cccc2c1C(=O)N(C1CCC(=O)NC1=O)C2=O.COc1cc(-c2cn(C)c(=O)c3cnccc23)cc(OC)c1CN(C)CC(=O)O.NCCCCCNc1cccc2c1C(=O)N(C1CCC(=O)NC1=O)C2=O.O=CO. The molecule has 4 aliphatic rings. The summed E-state index contributed by atoms with van der Waals surface area (Å²) in [6.45, 7) is 2.85. The first-order valence-corrected chi connectivity index (χ1v) is 36.0. The van der Waals surface area contributed by atoms with Crippen LogP contribution in [0.25, 0.3) is 43.8 Å². The van der Waals surface area contributed by atoms with E-state index in [0.29, 0.717) is 90.0 Å². The molecule has 590 valence electrons. The van der Waals surface area contributed by atoms with E-state index < -0.39 is 59.4 Å². The van der Waals surface area contributed by atoms with Gasteiger partial charge in [-0.3, -0.25) is 103 Å². The van der Waals surface area contributed by atoms with Crippen LogP contribution < -0.4 is 62.4 Å². The van der Waals surface area contributed by atoms with E-state index in [4.69, 9.17) is 39.7 Å². The number of nitrogens with one attached hydrogen (secondary N) is 5. The lowest BCUT2D eigenvalue weighted by Crippen LogP contribution is -2.54. The van der Waals surface area contributed by atoms with E-state index in [9.17, 15) is 57.5 Å². The van der Waals surface area contributed by atoms with Crippen LogP contribution in [0.4, 0.5) is 11.4 Å². The van der Waals surface area contributed by atoms with Gasteiger partial charge in [0.2, 0.25) is 29.5 Å². The summed E-state index contributed by atoms with van der Waals surface area (Å²) in [5, 5.41) is 32.3. The zero-order chi connectivity index (χ0) is 81.0. The number of fused-ring (bicyclic) bond motifs is 4. The molecular weight excluding hydrogens is 1450 g/mol. The zero-order valence-electron chi connectivity index (χ0n) is 63.3. The summed E-state index contributed by atoms with van der Waals surface area (Å²) in [6, 6.07) is 19.2. The quantitative estimate of drug-likeness (QED) is 0.0167. The molecule has 112 heavy (non-hydrogen) atoms. The number of carbonyl (C=O) groups excluding carboxylic acids is 9. The van der Waals surface area contributed by atoms with E-state index in [1.165, 1.54) is 9.13 Å². The third-order valence-electron chi connectivity index (χ3n) is 19.1. The van der Waals surface area contributed by atoms with Gasteiger partial charge >= 0.3 is 5.97 Å². The van der Waals surface area contributed by atoms with Crippen LogP contribution in [0.1, 0.15) is 117 Å². The Morgan fingerprint density at radius 2 is 0.946 bits per heavy atom. The van der Waals surface area contributed by atoms with E-state index in [0.717, 1.165) is 92.5 Å². The average Bonchev–Trinajstić information content (AvgIpc) is 0.962. The number of aromatic nitrogens is 4. The first kappa shape index (κ1) is 83.3. The molecule has 4 aliphatic heterocycles. The molecule has 9 N–H and O–H groups in total. The minimum atomic E-state index is -1.02. The van der Waals surface area contributed by atoms with Crippen LogP contribution in [-0.2, 0) is 60.7 Å². The van der Waals surface area contributed by atoms with Crippen LogP contribution in [0.2, 0.25) is 0 Å². The number of likely N-dealkylation sites (N-methyl/N-ethyl adjacent to an activating group) is 2. The van der Waals surface area contributed by atoms with Gasteiger partial charge in [0.15, 0.2) is 0 Å². The highest BCUT2D eigenvalue weighted by Gasteiger charge is 2.47. The van der Waals surface area contributed by atoms with Crippen LogP contribution in [-0.4, -0.2) is 208 Å². The van der Waals surface area contributed by atoms with Crippen LogP contribution in [0.5, 0.6) is 23.0 Å². The highest BCUT2D eigenvalue weighted by Crippen LogP contribution is 2.41. The van der Waals surface area contributed by atoms with Crippen molar-refractivity contribution in [3.05, 3.63) is 164 Å². The lowest BCUT2D eigenvalue weighted by atomic mass is 9.99. The smallest absolute Gasteiger partial charge is 0.317 e. The summed E-state index contributed by atoms with van der Waals surface area (Å²) < 4.78 is 25.8. The van der Waals surface area contributed by atoms with E-state index >= 15 is 0 Å². The highest BCUT2D eigenvalue weighted by atomic mass is 16.5. The molecule has 0 radical (unpaired) electrons. The van der Waals surface area contributed by atoms with Gasteiger partial charge in [0.05, 0.1) is 85.7 Å². The molecule has 12 rings (SSSR count). The predicted octanol–water partition coefficient (Wildman–Crippen LogP) is 5.31. The third-order valence-corrected chi connectivity index (χ3v) is 19.1. The van der Waals surface area contributed by atoms with Gasteiger partial charge in [0, 0.05) is 119 Å². The molecule has 4 aromatic heterocycles. The van der Waals surface area contributed by atoms with Crippen LogP contribution in [0.3, 0.4) is 0 Å². The monoisotopic (exact) mass is 1540 g/mol. The molecule has 33 nitrogen and oxygen atoms in total. The molecule has 0 spiro atoms. The molecule has 4 aromatic carbocycles. The zero-order valence-corrected chi connectivity index (χ0v) is 63.3. The number of benzene rings is 4. The van der Waals surface area contributed by atoms with Crippen molar-refractivity contribution in [2.75, 3.05) is 92.4 Å². The average molecular weight is 1540 g/mol. The standard InChI is InChI=1S/C39H43N7O8.C21H23N3O5.C18H22N4O4.CH2O2/c1-44(20-28-31(53-3)17-23(18-32(28)54-4)27-21-45(2)37(50)26-19-40-16-13-24(26)27)22-34(48)42-15-7-5-6-14-41-29-10-8-9-25-35(29)39(52)46(38(25)51)30-11-12-33(47)43-36(30)49;1-23(12-20(25)26)10-17-18(28-3)7-13(8-19(17)29-4)16-11-24(2)21(27)15-9-22-6-5-14(15)16;19-9-2-1-3-10-20-12-6-4-5-11-15(12)18(26)22(17(11)25)13-7-8-14(23)21-16(13)24;2-1-3/h8-10,13,16-19,21,30,41H,5-7,11-12,14-15,20,22H2,1-4H3,(H,42,48)(H,43,47,49);5-9,11H,10,12H2,1-4H3,(H,25,26);4-6,13,20H,1-3,7-10,19H2,(H,21,23,24);1H,(H,2,3). The van der Waals surface area contributed by atoms with Crippen molar-refractivity contribution in [2.45, 2.75) is 89.4 Å². The lowest BCUT2D eigenvalue weighted by molar-refractivity contribution is -0.138. The van der Waals surface area contributed by atoms with E-state index in [-0.39, 0.29) is 84.9 Å².